The molecule has 0 heterocycles. The van der Waals surface area contributed by atoms with Crippen molar-refractivity contribution in [3.63, 3.8) is 0 Å². The van der Waals surface area contributed by atoms with Crippen molar-refractivity contribution in [3.05, 3.63) is 23.8 Å². The van der Waals surface area contributed by atoms with Gasteiger partial charge in [-0.3, -0.25) is 14.4 Å². The molecule has 0 aliphatic carbocycles. The summed E-state index contributed by atoms with van der Waals surface area (Å²) in [7, 11) is 1.28. The number of benzene rings is 1. The van der Waals surface area contributed by atoms with E-state index in [1.165, 1.54) is 7.11 Å². The topological polar surface area (TPSA) is 126 Å². The summed E-state index contributed by atoms with van der Waals surface area (Å²) in [5, 5.41) is 3.07. The zero-order chi connectivity index (χ0) is 31.2. The minimum absolute atomic E-state index is 0.0837. The summed E-state index contributed by atoms with van der Waals surface area (Å²) >= 11 is 0. The fourth-order valence-corrected chi connectivity index (χ4v) is 3.28. The Morgan fingerprint density at radius 1 is 0.878 bits per heavy atom. The van der Waals surface area contributed by atoms with E-state index < -0.39 is 47.0 Å². The summed E-state index contributed by atoms with van der Waals surface area (Å²) in [4.78, 5) is 50.2. The molecule has 1 unspecified atom stereocenters. The largest absolute Gasteiger partial charge is 0.508 e. The highest BCUT2D eigenvalue weighted by atomic mass is 16.7. The lowest BCUT2D eigenvalue weighted by molar-refractivity contribution is -0.147. The summed E-state index contributed by atoms with van der Waals surface area (Å²) in [6.07, 6.45) is 2.68. The first-order chi connectivity index (χ1) is 19.2. The minimum atomic E-state index is -0.797. The van der Waals surface area contributed by atoms with Gasteiger partial charge in [-0.05, 0) is 78.0 Å². The van der Waals surface area contributed by atoms with Crippen LogP contribution >= 0.6 is 0 Å². The number of carbonyl (C=O) groups is 4. The van der Waals surface area contributed by atoms with E-state index in [2.05, 4.69) is 12.2 Å². The third-order valence-electron chi connectivity index (χ3n) is 7.13. The van der Waals surface area contributed by atoms with Gasteiger partial charge in [-0.25, -0.2) is 4.79 Å². The van der Waals surface area contributed by atoms with Crippen molar-refractivity contribution >= 4 is 24.1 Å². The summed E-state index contributed by atoms with van der Waals surface area (Å²) in [5.41, 5.74) is -0.865. The summed E-state index contributed by atoms with van der Waals surface area (Å²) in [5.74, 6) is -1.25. The molecule has 0 spiro atoms. The number of hydrogen-bond acceptors (Lipinski definition) is 10. The second kappa shape index (κ2) is 17.0. The molecule has 41 heavy (non-hydrogen) atoms. The molecule has 0 saturated carbocycles. The van der Waals surface area contributed by atoms with Crippen molar-refractivity contribution < 1.29 is 42.9 Å². The van der Waals surface area contributed by atoms with Crippen molar-refractivity contribution in [2.45, 2.75) is 106 Å². The van der Waals surface area contributed by atoms with Gasteiger partial charge >= 0.3 is 24.1 Å². The second-order valence-corrected chi connectivity index (χ2v) is 11.5. The molecule has 10 nitrogen and oxygen atoms in total. The van der Waals surface area contributed by atoms with Gasteiger partial charge in [0.05, 0.1) is 24.5 Å². The van der Waals surface area contributed by atoms with E-state index in [0.29, 0.717) is 25.0 Å². The van der Waals surface area contributed by atoms with Crippen molar-refractivity contribution in [2.75, 3.05) is 20.3 Å². The molecule has 1 rings (SSSR count). The van der Waals surface area contributed by atoms with Crippen LogP contribution in [0.15, 0.2) is 18.2 Å². The Hall–Kier alpha value is -3.14. The number of hydrogen-bond donors (Lipinski definition) is 1. The van der Waals surface area contributed by atoms with E-state index in [0.717, 1.165) is 19.3 Å². The zero-order valence-corrected chi connectivity index (χ0v) is 26.2. The van der Waals surface area contributed by atoms with Gasteiger partial charge in [-0.1, -0.05) is 39.7 Å². The van der Waals surface area contributed by atoms with Crippen LogP contribution in [0.25, 0.3) is 0 Å². The highest BCUT2D eigenvalue weighted by molar-refractivity contribution is 5.81. The van der Waals surface area contributed by atoms with E-state index in [9.17, 15) is 19.2 Å². The van der Waals surface area contributed by atoms with E-state index >= 15 is 0 Å². The van der Waals surface area contributed by atoms with Gasteiger partial charge in [0.1, 0.15) is 12.1 Å². The fraction of sp³-hybridized carbons (Fsp3) is 0.677. The van der Waals surface area contributed by atoms with Crippen LogP contribution in [0.5, 0.6) is 11.5 Å². The Balaban J connectivity index is 3.09. The molecule has 232 valence electrons. The first-order valence-electron chi connectivity index (χ1n) is 14.4. The Morgan fingerprint density at radius 3 is 2.00 bits per heavy atom. The lowest BCUT2D eigenvalue weighted by atomic mass is 9.90. The Labute approximate surface area is 244 Å². The van der Waals surface area contributed by atoms with Gasteiger partial charge in [0.25, 0.3) is 0 Å². The molecule has 0 aliphatic heterocycles. The van der Waals surface area contributed by atoms with Crippen molar-refractivity contribution in [1.82, 2.24) is 5.32 Å². The first kappa shape index (κ1) is 35.9. The van der Waals surface area contributed by atoms with Crippen LogP contribution in [0.2, 0.25) is 0 Å². The fourth-order valence-electron chi connectivity index (χ4n) is 3.28. The van der Waals surface area contributed by atoms with E-state index in [-0.39, 0.29) is 24.5 Å². The van der Waals surface area contributed by atoms with Gasteiger partial charge in [0.2, 0.25) is 0 Å². The molecule has 0 bridgehead atoms. The Kier molecular flexibility index (Phi) is 14.8. The molecule has 10 heteroatoms. The van der Waals surface area contributed by atoms with Gasteiger partial charge in [-0.2, -0.15) is 0 Å². The van der Waals surface area contributed by atoms with Crippen LogP contribution in [-0.4, -0.2) is 56.5 Å². The second-order valence-electron chi connectivity index (χ2n) is 11.5. The lowest BCUT2D eigenvalue weighted by Crippen LogP contribution is -2.43. The van der Waals surface area contributed by atoms with Gasteiger partial charge in [-0.15, -0.1) is 0 Å². The molecule has 0 aliphatic rings. The average Bonchev–Trinajstić information content (AvgIpc) is 2.93. The number of ether oxygens (including phenoxy) is 5. The molecule has 0 saturated heterocycles. The molecule has 0 amide bonds. The Morgan fingerprint density at radius 2 is 1.46 bits per heavy atom. The monoisotopic (exact) mass is 579 g/mol. The van der Waals surface area contributed by atoms with Crippen molar-refractivity contribution in [2.24, 2.45) is 10.8 Å². The van der Waals surface area contributed by atoms with Crippen LogP contribution in [0, 0.1) is 10.8 Å². The lowest BCUT2D eigenvalue weighted by Gasteiger charge is -2.24. The molecule has 1 aromatic rings. The molecule has 1 N–H and O–H groups in total. The number of carbonyl (C=O) groups excluding carboxylic acids is 4. The van der Waals surface area contributed by atoms with Gasteiger partial charge in [0.15, 0.2) is 11.5 Å². The quantitative estimate of drug-likeness (QED) is 0.138. The van der Waals surface area contributed by atoms with Crippen LogP contribution in [-0.2, 0) is 35.0 Å². The standard InChI is InChI=1S/C31H49NO9/c1-10-13-14-17-38-29(36)39-21(4)20-32-23(26(33)37-9)18-22-15-16-24(40-27(34)30(5,6)11-2)25(19-22)41-28(35)31(7,8)12-3/h15-16,19,21,23,32H,10-14,17-18,20H2,1-9H3/t21?,23-/m0/s1. The maximum Gasteiger partial charge on any atom is 0.508 e. The number of methoxy groups -OCH3 is 1. The molecule has 2 atom stereocenters. The molecule has 0 fully saturated rings. The number of rotatable bonds is 17. The highest BCUT2D eigenvalue weighted by Gasteiger charge is 2.32. The highest BCUT2D eigenvalue weighted by Crippen LogP contribution is 2.34. The summed E-state index contributed by atoms with van der Waals surface area (Å²) in [6, 6.07) is 4.02. The normalized spacial score (nSPS) is 13.1. The van der Waals surface area contributed by atoms with Crippen LogP contribution in [0.1, 0.15) is 93.1 Å². The van der Waals surface area contributed by atoms with Crippen LogP contribution < -0.4 is 14.8 Å². The maximum atomic E-state index is 12.9. The minimum Gasteiger partial charge on any atom is -0.468 e. The van der Waals surface area contributed by atoms with Crippen molar-refractivity contribution in [1.29, 1.82) is 0 Å². The molecular weight excluding hydrogens is 530 g/mol. The smallest absolute Gasteiger partial charge is 0.468 e. The van der Waals surface area contributed by atoms with Gasteiger partial charge in [0, 0.05) is 6.54 Å². The molecule has 0 aromatic heterocycles. The number of nitrogens with one attached hydrogen (secondary N) is 1. The van der Waals surface area contributed by atoms with Crippen LogP contribution in [0.3, 0.4) is 0 Å². The Bertz CT molecular complexity index is 1020. The van der Waals surface area contributed by atoms with Crippen molar-refractivity contribution in [3.8, 4) is 11.5 Å². The molecular formula is C31H49NO9. The summed E-state index contributed by atoms with van der Waals surface area (Å²) in [6.45, 7) is 15.1. The predicted molar refractivity (Wildman–Crippen MR) is 155 cm³/mol. The molecule has 0 radical (unpaired) electrons. The predicted octanol–water partition coefficient (Wildman–Crippen LogP) is 5.78. The maximum absolute atomic E-state index is 12.9. The number of esters is 3. The SMILES string of the molecule is CCCCCOC(=O)OC(C)CN[C@@H](Cc1ccc(OC(=O)C(C)(C)CC)c(OC(=O)C(C)(C)CC)c1)C(=O)OC. The third kappa shape index (κ3) is 12.1. The van der Waals surface area contributed by atoms with E-state index in [1.807, 2.05) is 13.8 Å². The molecule has 1 aromatic carbocycles. The van der Waals surface area contributed by atoms with E-state index in [1.54, 1.807) is 52.8 Å². The van der Waals surface area contributed by atoms with E-state index in [4.69, 9.17) is 23.7 Å². The average molecular weight is 580 g/mol. The third-order valence-corrected chi connectivity index (χ3v) is 7.13. The van der Waals surface area contributed by atoms with Gasteiger partial charge < -0.3 is 29.0 Å². The summed E-state index contributed by atoms with van der Waals surface area (Å²) < 4.78 is 26.7. The number of unbranched alkanes of at least 4 members (excludes halogenated alkanes) is 2. The zero-order valence-electron chi connectivity index (χ0n) is 26.2. The first-order valence-corrected chi connectivity index (χ1v) is 14.4. The van der Waals surface area contributed by atoms with Crippen LogP contribution in [0.4, 0.5) is 4.79 Å².